The Kier molecular flexibility index (Phi) is 2.99. The Bertz CT molecular complexity index is 513. The van der Waals surface area contributed by atoms with Gasteiger partial charge in [-0.25, -0.2) is 15.0 Å². The lowest BCUT2D eigenvalue weighted by atomic mass is 9.92. The topological polar surface area (TPSA) is 53.7 Å². The molecule has 1 aromatic heterocycles. The smallest absolute Gasteiger partial charge is 0.224 e. The van der Waals surface area contributed by atoms with E-state index in [-0.39, 0.29) is 0 Å². The van der Waals surface area contributed by atoms with Gasteiger partial charge in [0.2, 0.25) is 5.28 Å². The van der Waals surface area contributed by atoms with Crippen molar-refractivity contribution in [2.45, 2.75) is 19.4 Å². The highest BCUT2D eigenvalue weighted by atomic mass is 35.5. The maximum Gasteiger partial charge on any atom is 0.224 e. The molecule has 1 saturated heterocycles. The maximum absolute atomic E-state index is 5.82. The van der Waals surface area contributed by atoms with Gasteiger partial charge < -0.3 is 4.90 Å². The van der Waals surface area contributed by atoms with E-state index in [4.69, 9.17) is 11.6 Å². The van der Waals surface area contributed by atoms with Crippen molar-refractivity contribution in [3.63, 3.8) is 0 Å². The third kappa shape index (κ3) is 2.22. The molecule has 94 valence electrons. The van der Waals surface area contributed by atoms with E-state index in [0.29, 0.717) is 17.2 Å². The van der Waals surface area contributed by atoms with Crippen molar-refractivity contribution in [2.75, 3.05) is 18.0 Å². The van der Waals surface area contributed by atoms with E-state index in [1.54, 1.807) is 6.20 Å². The lowest BCUT2D eigenvalue weighted by Gasteiger charge is -2.37. The van der Waals surface area contributed by atoms with Crippen LogP contribution in [-0.2, 0) is 0 Å². The highest BCUT2D eigenvalue weighted by Crippen LogP contribution is 2.25. The van der Waals surface area contributed by atoms with Gasteiger partial charge in [-0.05, 0) is 31.0 Å². The molecule has 0 aromatic carbocycles. The van der Waals surface area contributed by atoms with Crippen LogP contribution >= 0.6 is 11.6 Å². The molecule has 0 spiro atoms. The van der Waals surface area contributed by atoms with Crippen molar-refractivity contribution in [3.05, 3.63) is 17.5 Å². The van der Waals surface area contributed by atoms with Gasteiger partial charge in [0.05, 0.1) is 6.04 Å². The standard InChI is InChI=1S/C12H14ClN5/c1-8-15-6-9-7-18(5-3-10(9)16-8)11-2-4-14-12(13)17-11/h2,4,6,9-10H,3,5,7H2,1H3/t9-,10+/m0/s1. The second-order valence-electron chi connectivity index (χ2n) is 4.60. The van der Waals surface area contributed by atoms with Crippen LogP contribution in [0, 0.1) is 5.92 Å². The SMILES string of the molecule is CC1=N[C@@H]2CCN(c3ccnc(Cl)n3)C[C@@H]2C=N1. The molecule has 2 aliphatic rings. The van der Waals surface area contributed by atoms with Crippen molar-refractivity contribution in [2.24, 2.45) is 15.9 Å². The Morgan fingerprint density at radius 1 is 1.44 bits per heavy atom. The zero-order valence-corrected chi connectivity index (χ0v) is 10.9. The summed E-state index contributed by atoms with van der Waals surface area (Å²) in [6.45, 7) is 3.78. The summed E-state index contributed by atoms with van der Waals surface area (Å²) in [4.78, 5) is 19.3. The molecule has 18 heavy (non-hydrogen) atoms. The molecule has 2 aliphatic heterocycles. The first kappa shape index (κ1) is 11.6. The molecule has 3 heterocycles. The molecule has 0 amide bonds. The number of piperidine rings is 1. The lowest BCUT2D eigenvalue weighted by Crippen LogP contribution is -2.45. The van der Waals surface area contributed by atoms with Gasteiger partial charge in [0.15, 0.2) is 0 Å². The number of aromatic nitrogens is 2. The minimum absolute atomic E-state index is 0.292. The third-order valence-corrected chi connectivity index (χ3v) is 3.54. The number of nitrogens with zero attached hydrogens (tertiary/aromatic N) is 5. The van der Waals surface area contributed by atoms with E-state index in [9.17, 15) is 0 Å². The zero-order chi connectivity index (χ0) is 12.5. The van der Waals surface area contributed by atoms with Crippen LogP contribution in [0.4, 0.5) is 5.82 Å². The number of amidine groups is 1. The number of hydrogen-bond acceptors (Lipinski definition) is 5. The molecule has 0 saturated carbocycles. The first-order valence-corrected chi connectivity index (χ1v) is 6.42. The van der Waals surface area contributed by atoms with Crippen LogP contribution in [0.2, 0.25) is 5.28 Å². The summed E-state index contributed by atoms with van der Waals surface area (Å²) in [6, 6.07) is 2.26. The van der Waals surface area contributed by atoms with Crippen molar-refractivity contribution < 1.29 is 0 Å². The molecule has 2 atom stereocenters. The highest BCUT2D eigenvalue weighted by molar-refractivity contribution is 6.28. The second-order valence-corrected chi connectivity index (χ2v) is 4.94. The lowest BCUT2D eigenvalue weighted by molar-refractivity contribution is 0.438. The molecule has 6 heteroatoms. The Morgan fingerprint density at radius 2 is 2.33 bits per heavy atom. The molecule has 0 unspecified atom stereocenters. The fraction of sp³-hybridized carbons (Fsp3) is 0.500. The van der Waals surface area contributed by atoms with E-state index in [2.05, 4.69) is 24.9 Å². The van der Waals surface area contributed by atoms with E-state index in [1.165, 1.54) is 0 Å². The molecule has 0 aliphatic carbocycles. The molecule has 0 radical (unpaired) electrons. The van der Waals surface area contributed by atoms with Crippen LogP contribution in [0.1, 0.15) is 13.3 Å². The molecular formula is C12H14ClN5. The number of hydrogen-bond donors (Lipinski definition) is 0. The van der Waals surface area contributed by atoms with Gasteiger partial charge in [-0.2, -0.15) is 0 Å². The third-order valence-electron chi connectivity index (χ3n) is 3.36. The van der Waals surface area contributed by atoms with E-state index >= 15 is 0 Å². The van der Waals surface area contributed by atoms with Gasteiger partial charge in [-0.15, -0.1) is 0 Å². The molecule has 0 N–H and O–H groups in total. The number of rotatable bonds is 1. The quantitative estimate of drug-likeness (QED) is 0.727. The van der Waals surface area contributed by atoms with Gasteiger partial charge >= 0.3 is 0 Å². The van der Waals surface area contributed by atoms with Gasteiger partial charge in [-0.1, -0.05) is 0 Å². The van der Waals surface area contributed by atoms with Gasteiger partial charge in [-0.3, -0.25) is 4.99 Å². The van der Waals surface area contributed by atoms with E-state index in [0.717, 1.165) is 31.2 Å². The van der Waals surface area contributed by atoms with Crippen molar-refractivity contribution in [3.8, 4) is 0 Å². The molecule has 1 aromatic rings. The highest BCUT2D eigenvalue weighted by Gasteiger charge is 2.30. The minimum atomic E-state index is 0.292. The summed E-state index contributed by atoms with van der Waals surface area (Å²) in [5.74, 6) is 2.14. The summed E-state index contributed by atoms with van der Waals surface area (Å²) in [7, 11) is 0. The van der Waals surface area contributed by atoms with Crippen LogP contribution in [0.25, 0.3) is 0 Å². The first-order valence-electron chi connectivity index (χ1n) is 6.04. The van der Waals surface area contributed by atoms with Gasteiger partial charge in [0, 0.05) is 31.4 Å². The number of fused-ring (bicyclic) bond motifs is 1. The predicted molar refractivity (Wildman–Crippen MR) is 72.8 cm³/mol. The Balaban J connectivity index is 1.77. The predicted octanol–water partition coefficient (Wildman–Crippen LogP) is 1.83. The van der Waals surface area contributed by atoms with E-state index in [1.807, 2.05) is 19.2 Å². The number of aliphatic imine (C=N–C) groups is 2. The first-order chi connectivity index (χ1) is 8.72. The molecule has 1 fully saturated rings. The van der Waals surface area contributed by atoms with E-state index < -0.39 is 0 Å². The fourth-order valence-corrected chi connectivity index (χ4v) is 2.61. The van der Waals surface area contributed by atoms with Crippen LogP contribution in [0.5, 0.6) is 0 Å². The fourth-order valence-electron chi connectivity index (χ4n) is 2.46. The maximum atomic E-state index is 5.82. The van der Waals surface area contributed by atoms with Crippen LogP contribution in [-0.4, -0.2) is 41.1 Å². The summed E-state index contributed by atoms with van der Waals surface area (Å²) in [6.07, 6.45) is 4.73. The average Bonchev–Trinajstić information content (AvgIpc) is 2.38. The number of halogens is 1. The Hall–Kier alpha value is -1.49. The normalized spacial score (nSPS) is 26.8. The minimum Gasteiger partial charge on any atom is -0.356 e. The molecule has 5 nitrogen and oxygen atoms in total. The van der Waals surface area contributed by atoms with Crippen molar-refractivity contribution >= 4 is 29.5 Å². The largest absolute Gasteiger partial charge is 0.356 e. The average molecular weight is 264 g/mol. The molecule has 0 bridgehead atoms. The van der Waals surface area contributed by atoms with Crippen molar-refractivity contribution in [1.82, 2.24) is 9.97 Å². The summed E-state index contributed by atoms with van der Waals surface area (Å²) in [5.41, 5.74) is 0. The summed E-state index contributed by atoms with van der Waals surface area (Å²) < 4.78 is 0. The van der Waals surface area contributed by atoms with Crippen LogP contribution in [0.3, 0.4) is 0 Å². The molecular weight excluding hydrogens is 250 g/mol. The number of anilines is 1. The zero-order valence-electron chi connectivity index (χ0n) is 10.1. The molecule has 3 rings (SSSR count). The second kappa shape index (κ2) is 4.65. The van der Waals surface area contributed by atoms with Gasteiger partial charge in [0.25, 0.3) is 0 Å². The Labute approximate surface area is 111 Å². The summed E-state index contributed by atoms with van der Waals surface area (Å²) >= 11 is 5.82. The van der Waals surface area contributed by atoms with Crippen LogP contribution < -0.4 is 4.90 Å². The van der Waals surface area contributed by atoms with Crippen molar-refractivity contribution in [1.29, 1.82) is 0 Å². The monoisotopic (exact) mass is 263 g/mol. The van der Waals surface area contributed by atoms with Gasteiger partial charge in [0.1, 0.15) is 11.7 Å². The Morgan fingerprint density at radius 3 is 3.17 bits per heavy atom. The van der Waals surface area contributed by atoms with Crippen LogP contribution in [0.15, 0.2) is 22.2 Å². The summed E-state index contributed by atoms with van der Waals surface area (Å²) in [5, 5.41) is 0.292.